The second-order valence-corrected chi connectivity index (χ2v) is 12.6. The van der Waals surface area contributed by atoms with Crippen molar-refractivity contribution in [2.75, 3.05) is 17.1 Å². The molecule has 0 radical (unpaired) electrons. The van der Waals surface area contributed by atoms with Crippen LogP contribution in [0.15, 0.2) is 78.9 Å². The van der Waals surface area contributed by atoms with Crippen LogP contribution in [-0.4, -0.2) is 50.0 Å². The topological polar surface area (TPSA) is 86.8 Å². The molecule has 214 valence electrons. The average molecular weight is 584 g/mol. The molecule has 0 aliphatic heterocycles. The molecule has 0 heterocycles. The molecule has 1 N–H and O–H groups in total. The standard InChI is InChI=1S/C31H38ClN3O4S/c1-23(2)33-31(37)29(21-25-12-6-5-7-13-25)34(22-26-16-18-27(32)19-17-26)30(36)15-10-20-35(40(4,38)39)28-14-9-8-11-24(28)3/h5-9,11-14,16-19,23,29H,10,15,20-22H2,1-4H3,(H,33,37). The molecule has 3 aromatic rings. The number of nitrogens with one attached hydrogen (secondary N) is 1. The fourth-order valence-corrected chi connectivity index (χ4v) is 5.70. The Labute approximate surface area is 243 Å². The Balaban J connectivity index is 1.88. The number of halogens is 1. The summed E-state index contributed by atoms with van der Waals surface area (Å²) in [5.41, 5.74) is 3.19. The van der Waals surface area contributed by atoms with E-state index in [2.05, 4.69) is 5.32 Å². The molecule has 0 aliphatic rings. The minimum atomic E-state index is -3.56. The van der Waals surface area contributed by atoms with Crippen molar-refractivity contribution in [2.45, 2.75) is 58.7 Å². The van der Waals surface area contributed by atoms with Gasteiger partial charge < -0.3 is 10.2 Å². The van der Waals surface area contributed by atoms with E-state index < -0.39 is 16.1 Å². The first kappa shape index (κ1) is 31.2. The van der Waals surface area contributed by atoms with Crippen LogP contribution in [0.5, 0.6) is 0 Å². The number of rotatable bonds is 13. The van der Waals surface area contributed by atoms with E-state index in [1.54, 1.807) is 29.2 Å². The van der Waals surface area contributed by atoms with E-state index in [1.165, 1.54) is 10.6 Å². The predicted molar refractivity (Wildman–Crippen MR) is 162 cm³/mol. The Morgan fingerprint density at radius 1 is 0.900 bits per heavy atom. The monoisotopic (exact) mass is 583 g/mol. The molecule has 0 saturated heterocycles. The molecule has 0 aliphatic carbocycles. The summed E-state index contributed by atoms with van der Waals surface area (Å²) in [7, 11) is -3.56. The van der Waals surface area contributed by atoms with E-state index in [1.807, 2.05) is 75.4 Å². The van der Waals surface area contributed by atoms with Crippen molar-refractivity contribution >= 4 is 39.1 Å². The molecule has 1 atom stereocenters. The van der Waals surface area contributed by atoms with Crippen molar-refractivity contribution in [1.82, 2.24) is 10.2 Å². The first-order chi connectivity index (χ1) is 19.0. The fraction of sp³-hybridized carbons (Fsp3) is 0.355. The van der Waals surface area contributed by atoms with Gasteiger partial charge in [-0.25, -0.2) is 8.42 Å². The van der Waals surface area contributed by atoms with Crippen LogP contribution in [0.1, 0.15) is 43.4 Å². The van der Waals surface area contributed by atoms with Gasteiger partial charge in [-0.15, -0.1) is 0 Å². The largest absolute Gasteiger partial charge is 0.352 e. The predicted octanol–water partition coefficient (Wildman–Crippen LogP) is 5.36. The smallest absolute Gasteiger partial charge is 0.243 e. The van der Waals surface area contributed by atoms with Gasteiger partial charge in [0.25, 0.3) is 0 Å². The number of carbonyl (C=O) groups excluding carboxylic acids is 2. The highest BCUT2D eigenvalue weighted by atomic mass is 35.5. The molecular weight excluding hydrogens is 546 g/mol. The number of hydrogen-bond acceptors (Lipinski definition) is 4. The lowest BCUT2D eigenvalue weighted by Crippen LogP contribution is -2.51. The van der Waals surface area contributed by atoms with Crippen molar-refractivity contribution in [3.05, 3.63) is 101 Å². The van der Waals surface area contributed by atoms with Crippen molar-refractivity contribution in [3.63, 3.8) is 0 Å². The highest BCUT2D eigenvalue weighted by Gasteiger charge is 2.31. The quantitative estimate of drug-likeness (QED) is 0.293. The number of nitrogens with zero attached hydrogens (tertiary/aromatic N) is 2. The second kappa shape index (κ2) is 14.3. The molecule has 40 heavy (non-hydrogen) atoms. The minimum absolute atomic E-state index is 0.0751. The first-order valence-corrected chi connectivity index (χ1v) is 15.6. The van der Waals surface area contributed by atoms with Crippen LogP contribution in [0.2, 0.25) is 5.02 Å². The van der Waals surface area contributed by atoms with Gasteiger partial charge in [-0.2, -0.15) is 0 Å². The molecule has 0 aromatic heterocycles. The van der Waals surface area contributed by atoms with E-state index in [9.17, 15) is 18.0 Å². The van der Waals surface area contributed by atoms with Crippen LogP contribution in [0.4, 0.5) is 5.69 Å². The number of anilines is 1. The number of hydrogen-bond donors (Lipinski definition) is 1. The van der Waals surface area contributed by atoms with Crippen molar-refractivity contribution in [1.29, 1.82) is 0 Å². The Morgan fingerprint density at radius 2 is 1.52 bits per heavy atom. The third-order valence-electron chi connectivity index (χ3n) is 6.50. The van der Waals surface area contributed by atoms with E-state index >= 15 is 0 Å². The molecule has 3 rings (SSSR count). The van der Waals surface area contributed by atoms with Gasteiger partial charge in [0.15, 0.2) is 0 Å². The van der Waals surface area contributed by atoms with E-state index in [0.29, 0.717) is 23.6 Å². The molecule has 3 aromatic carbocycles. The van der Waals surface area contributed by atoms with Gasteiger partial charge in [0.1, 0.15) is 6.04 Å². The lowest BCUT2D eigenvalue weighted by atomic mass is 10.0. The highest BCUT2D eigenvalue weighted by Crippen LogP contribution is 2.23. The highest BCUT2D eigenvalue weighted by molar-refractivity contribution is 7.92. The van der Waals surface area contributed by atoms with Crippen LogP contribution in [0.25, 0.3) is 0 Å². The summed E-state index contributed by atoms with van der Waals surface area (Å²) in [6.45, 7) is 5.98. The fourth-order valence-electron chi connectivity index (χ4n) is 4.55. The van der Waals surface area contributed by atoms with E-state index in [4.69, 9.17) is 11.6 Å². The number of aryl methyl sites for hydroxylation is 1. The maximum Gasteiger partial charge on any atom is 0.243 e. The molecule has 0 fully saturated rings. The Morgan fingerprint density at radius 3 is 2.12 bits per heavy atom. The summed E-state index contributed by atoms with van der Waals surface area (Å²) in [4.78, 5) is 28.9. The normalized spacial score (nSPS) is 12.2. The van der Waals surface area contributed by atoms with Gasteiger partial charge in [0.2, 0.25) is 21.8 Å². The van der Waals surface area contributed by atoms with E-state index in [-0.39, 0.29) is 37.4 Å². The molecule has 0 saturated carbocycles. The molecule has 2 amide bonds. The molecule has 7 nitrogen and oxygen atoms in total. The number of benzene rings is 3. The Bertz CT molecular complexity index is 1380. The number of sulfonamides is 1. The zero-order valence-corrected chi connectivity index (χ0v) is 25.1. The van der Waals surface area contributed by atoms with Gasteiger partial charge in [-0.05, 0) is 62.1 Å². The minimum Gasteiger partial charge on any atom is -0.352 e. The van der Waals surface area contributed by atoms with Crippen LogP contribution in [-0.2, 0) is 32.6 Å². The molecular formula is C31H38ClN3O4S. The van der Waals surface area contributed by atoms with Gasteiger partial charge in [-0.1, -0.05) is 72.3 Å². The summed E-state index contributed by atoms with van der Waals surface area (Å²) in [6.07, 6.45) is 1.88. The summed E-state index contributed by atoms with van der Waals surface area (Å²) >= 11 is 6.09. The SMILES string of the molecule is Cc1ccccc1N(CCCC(=O)N(Cc1ccc(Cl)cc1)C(Cc1ccccc1)C(=O)NC(C)C)S(C)(=O)=O. The Hall–Kier alpha value is -3.36. The van der Waals surface area contributed by atoms with E-state index in [0.717, 1.165) is 16.7 Å². The van der Waals surface area contributed by atoms with Crippen LogP contribution >= 0.6 is 11.6 Å². The third kappa shape index (κ3) is 9.10. The van der Waals surface area contributed by atoms with Gasteiger partial charge >= 0.3 is 0 Å². The third-order valence-corrected chi connectivity index (χ3v) is 7.94. The number of para-hydroxylation sites is 1. The summed E-state index contributed by atoms with van der Waals surface area (Å²) in [5.74, 6) is -0.466. The summed E-state index contributed by atoms with van der Waals surface area (Å²) < 4.78 is 26.6. The lowest BCUT2D eigenvalue weighted by molar-refractivity contribution is -0.141. The van der Waals surface area contributed by atoms with Gasteiger partial charge in [-0.3, -0.25) is 13.9 Å². The maximum absolute atomic E-state index is 13.8. The molecule has 1 unspecified atom stereocenters. The second-order valence-electron chi connectivity index (χ2n) is 10.2. The Kier molecular flexibility index (Phi) is 11.2. The molecule has 9 heteroatoms. The molecule has 0 bridgehead atoms. The van der Waals surface area contributed by atoms with Crippen molar-refractivity contribution in [3.8, 4) is 0 Å². The summed E-state index contributed by atoms with van der Waals surface area (Å²) in [6, 6.07) is 23.2. The van der Waals surface area contributed by atoms with Crippen LogP contribution in [0.3, 0.4) is 0 Å². The van der Waals surface area contributed by atoms with Gasteiger partial charge in [0.05, 0.1) is 11.9 Å². The zero-order chi connectivity index (χ0) is 29.3. The number of amides is 2. The number of carbonyl (C=O) groups is 2. The first-order valence-electron chi connectivity index (χ1n) is 13.4. The summed E-state index contributed by atoms with van der Waals surface area (Å²) in [5, 5.41) is 3.55. The van der Waals surface area contributed by atoms with Crippen LogP contribution < -0.4 is 9.62 Å². The van der Waals surface area contributed by atoms with Crippen LogP contribution in [0, 0.1) is 6.92 Å². The lowest BCUT2D eigenvalue weighted by Gasteiger charge is -2.32. The van der Waals surface area contributed by atoms with Gasteiger partial charge in [0, 0.05) is 37.0 Å². The zero-order valence-electron chi connectivity index (χ0n) is 23.5. The van der Waals surface area contributed by atoms with Crippen molar-refractivity contribution < 1.29 is 18.0 Å². The average Bonchev–Trinajstić information content (AvgIpc) is 2.89. The van der Waals surface area contributed by atoms with Crippen molar-refractivity contribution in [2.24, 2.45) is 0 Å². The maximum atomic E-state index is 13.8. The molecule has 0 spiro atoms.